The molecule has 0 saturated carbocycles. The Labute approximate surface area is 232 Å². The largest absolute Gasteiger partial charge is 0.308 e. The Hall–Kier alpha value is -5.61. The summed E-state index contributed by atoms with van der Waals surface area (Å²) < 4.78 is 6.57. The van der Waals surface area contributed by atoms with Gasteiger partial charge in [-0.25, -0.2) is 0 Å². The van der Waals surface area contributed by atoms with Gasteiger partial charge in [-0.1, -0.05) is 91.0 Å². The summed E-state index contributed by atoms with van der Waals surface area (Å²) >= 11 is 0. The first kappa shape index (κ1) is 21.2. The fraction of sp³-hybridized carbons (Fsp3) is 0. The average molecular weight is 524 g/mol. The molecule has 0 spiro atoms. The summed E-state index contributed by atoms with van der Waals surface area (Å²) in [6, 6.07) is 44.4. The maximum absolute atomic E-state index is 15.0. The highest BCUT2D eigenvalue weighted by atomic mass is 16.1. The van der Waals surface area contributed by atoms with Crippen LogP contribution in [-0.2, 0) is 0 Å². The van der Waals surface area contributed by atoms with Crippen LogP contribution < -0.4 is 5.56 Å². The van der Waals surface area contributed by atoms with Gasteiger partial charge in [0.2, 0.25) is 0 Å². The van der Waals surface area contributed by atoms with Crippen LogP contribution >= 0.6 is 0 Å². The van der Waals surface area contributed by atoms with Crippen molar-refractivity contribution < 1.29 is 0 Å². The van der Waals surface area contributed by atoms with Gasteiger partial charge in [0.05, 0.1) is 44.0 Å². The summed E-state index contributed by atoms with van der Waals surface area (Å²) in [5.74, 6) is 0. The minimum absolute atomic E-state index is 0.00884. The topological polar surface area (TPSA) is 30.8 Å². The van der Waals surface area contributed by atoms with Crippen LogP contribution in [0.15, 0.2) is 132 Å². The second-order valence-electron chi connectivity index (χ2n) is 10.9. The second-order valence-corrected chi connectivity index (χ2v) is 10.9. The van der Waals surface area contributed by atoms with Gasteiger partial charge < -0.3 is 8.97 Å². The minimum Gasteiger partial charge on any atom is -0.308 e. The molecule has 0 aliphatic heterocycles. The standard InChI is InChI=1S/C37H21N3O/c41-37-33-25(18-19-26-23-12-4-6-14-29(23)38(34(26)33)22-10-2-1-3-11-22)28-21-20-27-24-13-5-7-15-30(24)39-31-16-8-9-17-32(31)40(37)36(28)35(27)39/h1-21H. The Kier molecular flexibility index (Phi) is 3.79. The Balaban J connectivity index is 1.57. The average Bonchev–Trinajstić information content (AvgIpc) is 3.55. The zero-order chi connectivity index (χ0) is 26.8. The van der Waals surface area contributed by atoms with Crippen molar-refractivity contribution in [1.29, 1.82) is 0 Å². The van der Waals surface area contributed by atoms with Crippen molar-refractivity contribution >= 4 is 76.3 Å². The maximum Gasteiger partial charge on any atom is 0.265 e. The number of benzene rings is 6. The van der Waals surface area contributed by atoms with E-state index in [1.807, 2.05) is 16.5 Å². The molecule has 0 fully saturated rings. The van der Waals surface area contributed by atoms with Crippen molar-refractivity contribution in [3.63, 3.8) is 0 Å². The van der Waals surface area contributed by atoms with E-state index in [2.05, 4.69) is 124 Å². The predicted octanol–water partition coefficient (Wildman–Crippen LogP) is 8.70. The van der Waals surface area contributed by atoms with Gasteiger partial charge in [-0.3, -0.25) is 9.20 Å². The summed E-state index contributed by atoms with van der Waals surface area (Å²) in [5, 5.41) is 7.38. The van der Waals surface area contributed by atoms with Crippen molar-refractivity contribution in [3.8, 4) is 5.69 Å². The lowest BCUT2D eigenvalue weighted by Gasteiger charge is -2.17. The highest BCUT2D eigenvalue weighted by molar-refractivity contribution is 6.27. The van der Waals surface area contributed by atoms with Gasteiger partial charge in [-0.05, 0) is 41.8 Å². The molecule has 0 N–H and O–H groups in total. The van der Waals surface area contributed by atoms with Gasteiger partial charge in [-0.2, -0.15) is 0 Å². The zero-order valence-electron chi connectivity index (χ0n) is 21.9. The minimum atomic E-state index is 0.00884. The van der Waals surface area contributed by atoms with Gasteiger partial charge in [0.25, 0.3) is 5.56 Å². The lowest BCUT2D eigenvalue weighted by atomic mass is 10.0. The highest BCUT2D eigenvalue weighted by Crippen LogP contribution is 2.41. The Morgan fingerprint density at radius 1 is 0.366 bits per heavy atom. The molecule has 6 aromatic carbocycles. The first-order valence-corrected chi connectivity index (χ1v) is 13.9. The second kappa shape index (κ2) is 7.32. The van der Waals surface area contributed by atoms with Crippen molar-refractivity contribution in [3.05, 3.63) is 138 Å². The van der Waals surface area contributed by atoms with Crippen LogP contribution in [0.1, 0.15) is 0 Å². The van der Waals surface area contributed by atoms with E-state index in [4.69, 9.17) is 0 Å². The molecule has 0 radical (unpaired) electrons. The van der Waals surface area contributed by atoms with Crippen molar-refractivity contribution in [2.75, 3.05) is 0 Å². The Morgan fingerprint density at radius 2 is 0.854 bits per heavy atom. The molecule has 190 valence electrons. The van der Waals surface area contributed by atoms with Crippen LogP contribution in [0.2, 0.25) is 0 Å². The molecule has 0 amide bonds. The Bertz CT molecular complexity index is 2760. The SMILES string of the molecule is O=c1c2c(ccc3c4ccccc4n(-c4ccccc4)c32)c2ccc3c4ccccc4n4c5ccccc5n1c2c34. The van der Waals surface area contributed by atoms with Crippen LogP contribution in [0.4, 0.5) is 0 Å². The third-order valence-corrected chi connectivity index (χ3v) is 8.96. The summed E-state index contributed by atoms with van der Waals surface area (Å²) in [6.45, 7) is 0. The van der Waals surface area contributed by atoms with Crippen molar-refractivity contribution in [1.82, 2.24) is 13.4 Å². The molecule has 10 rings (SSSR count). The van der Waals surface area contributed by atoms with Gasteiger partial charge in [0, 0.05) is 32.6 Å². The van der Waals surface area contributed by atoms with Crippen LogP contribution in [0, 0.1) is 0 Å². The summed E-state index contributed by atoms with van der Waals surface area (Å²) in [5.41, 5.74) is 8.24. The molecule has 0 saturated heterocycles. The fourth-order valence-electron chi connectivity index (χ4n) is 7.36. The van der Waals surface area contributed by atoms with E-state index in [0.29, 0.717) is 0 Å². The van der Waals surface area contributed by atoms with Crippen LogP contribution in [0.5, 0.6) is 0 Å². The van der Waals surface area contributed by atoms with Gasteiger partial charge in [0.15, 0.2) is 0 Å². The van der Waals surface area contributed by atoms with E-state index in [9.17, 15) is 0 Å². The quantitative estimate of drug-likeness (QED) is 0.156. The lowest BCUT2D eigenvalue weighted by Crippen LogP contribution is -2.17. The van der Waals surface area contributed by atoms with E-state index in [1.54, 1.807) is 0 Å². The number of rotatable bonds is 1. The van der Waals surface area contributed by atoms with E-state index < -0.39 is 0 Å². The first-order chi connectivity index (χ1) is 20.3. The van der Waals surface area contributed by atoms with Crippen LogP contribution in [-0.4, -0.2) is 13.4 Å². The van der Waals surface area contributed by atoms with E-state index in [-0.39, 0.29) is 5.56 Å². The van der Waals surface area contributed by atoms with E-state index in [1.165, 1.54) is 5.39 Å². The van der Waals surface area contributed by atoms with E-state index >= 15 is 4.79 Å². The van der Waals surface area contributed by atoms with Crippen molar-refractivity contribution in [2.45, 2.75) is 0 Å². The van der Waals surface area contributed by atoms with Gasteiger partial charge in [0.1, 0.15) is 0 Å². The molecule has 4 aromatic heterocycles. The normalized spacial score (nSPS) is 12.5. The van der Waals surface area contributed by atoms with Gasteiger partial charge >= 0.3 is 0 Å². The molecule has 4 nitrogen and oxygen atoms in total. The smallest absolute Gasteiger partial charge is 0.265 e. The number of hydrogen-bond acceptors (Lipinski definition) is 1. The number of aromatic nitrogens is 3. The molecule has 0 aliphatic carbocycles. The third kappa shape index (κ3) is 2.45. The number of pyridine rings is 1. The zero-order valence-corrected chi connectivity index (χ0v) is 21.9. The van der Waals surface area contributed by atoms with E-state index in [0.717, 1.165) is 76.6 Å². The molecule has 4 heterocycles. The number of para-hydroxylation sites is 5. The molecule has 0 atom stereocenters. The maximum atomic E-state index is 15.0. The predicted molar refractivity (Wildman–Crippen MR) is 170 cm³/mol. The molecule has 4 heteroatoms. The van der Waals surface area contributed by atoms with Crippen LogP contribution in [0.25, 0.3) is 82.0 Å². The molecule has 10 aromatic rings. The number of fused-ring (bicyclic) bond motifs is 12. The summed E-state index contributed by atoms with van der Waals surface area (Å²) in [6.07, 6.45) is 0. The van der Waals surface area contributed by atoms with Crippen molar-refractivity contribution in [2.24, 2.45) is 0 Å². The summed E-state index contributed by atoms with van der Waals surface area (Å²) in [4.78, 5) is 15.0. The summed E-state index contributed by atoms with van der Waals surface area (Å²) in [7, 11) is 0. The fourth-order valence-corrected chi connectivity index (χ4v) is 7.36. The van der Waals surface area contributed by atoms with Gasteiger partial charge in [-0.15, -0.1) is 0 Å². The Morgan fingerprint density at radius 3 is 1.59 bits per heavy atom. The molecular formula is C37H21N3O. The third-order valence-electron chi connectivity index (χ3n) is 8.96. The molecule has 0 aliphatic rings. The first-order valence-electron chi connectivity index (χ1n) is 13.9. The lowest BCUT2D eigenvalue weighted by molar-refractivity contribution is 1.15. The molecule has 41 heavy (non-hydrogen) atoms. The highest BCUT2D eigenvalue weighted by Gasteiger charge is 2.24. The molecule has 0 bridgehead atoms. The monoisotopic (exact) mass is 523 g/mol. The number of nitrogens with zero attached hydrogens (tertiary/aromatic N) is 3. The molecular weight excluding hydrogens is 502 g/mol. The number of hydrogen-bond donors (Lipinski definition) is 0. The molecule has 0 unspecified atom stereocenters. The van der Waals surface area contributed by atoms with Crippen LogP contribution in [0.3, 0.4) is 0 Å².